The number of nitrogens with one attached hydrogen (secondary N) is 1. The molecule has 0 aromatic carbocycles. The number of imidazole rings is 1. The van der Waals surface area contributed by atoms with E-state index in [0.29, 0.717) is 12.6 Å². The molecule has 8 heteroatoms. The van der Waals surface area contributed by atoms with E-state index in [4.69, 9.17) is 0 Å². The Balaban J connectivity index is 1.30. The van der Waals surface area contributed by atoms with Gasteiger partial charge in [-0.25, -0.2) is 4.98 Å². The van der Waals surface area contributed by atoms with Crippen LogP contribution in [0.1, 0.15) is 31.7 Å². The fourth-order valence-electron chi connectivity index (χ4n) is 3.42. The van der Waals surface area contributed by atoms with Crippen molar-refractivity contribution in [2.24, 2.45) is 0 Å². The minimum atomic E-state index is 0.0375. The van der Waals surface area contributed by atoms with E-state index in [0.717, 1.165) is 36.9 Å². The lowest BCUT2D eigenvalue weighted by molar-refractivity contribution is -0.122. The first kappa shape index (κ1) is 16.4. The molecule has 0 saturated heterocycles. The quantitative estimate of drug-likeness (QED) is 0.757. The Morgan fingerprint density at radius 3 is 2.73 bits per heavy atom. The molecule has 1 amide bonds. The van der Waals surface area contributed by atoms with Crippen LogP contribution in [0, 0.1) is 0 Å². The first-order valence-electron chi connectivity index (χ1n) is 8.83. The van der Waals surface area contributed by atoms with Gasteiger partial charge in [0.15, 0.2) is 0 Å². The summed E-state index contributed by atoms with van der Waals surface area (Å²) in [5.41, 5.74) is 1.81. The van der Waals surface area contributed by atoms with Gasteiger partial charge in [0.1, 0.15) is 6.54 Å². The minimum Gasteiger partial charge on any atom is -0.352 e. The number of amides is 1. The topological polar surface area (TPSA) is 90.5 Å². The number of aromatic nitrogens is 6. The zero-order chi connectivity index (χ0) is 17.8. The number of carbonyl (C=O) groups excluding carboxylic acids is 1. The van der Waals surface area contributed by atoms with E-state index in [1.54, 1.807) is 41.9 Å². The molecule has 0 bridgehead atoms. The van der Waals surface area contributed by atoms with Gasteiger partial charge in [0.05, 0.1) is 30.5 Å². The summed E-state index contributed by atoms with van der Waals surface area (Å²) in [4.78, 5) is 24.5. The summed E-state index contributed by atoms with van der Waals surface area (Å²) < 4.78 is 3.80. The highest BCUT2D eigenvalue weighted by molar-refractivity contribution is 5.76. The summed E-state index contributed by atoms with van der Waals surface area (Å²) in [6.45, 7) is 0.320. The Morgan fingerprint density at radius 1 is 1.12 bits per heavy atom. The Morgan fingerprint density at radius 2 is 2.00 bits per heavy atom. The van der Waals surface area contributed by atoms with E-state index in [-0.39, 0.29) is 11.9 Å². The molecule has 1 N–H and O–H groups in total. The van der Waals surface area contributed by atoms with E-state index < -0.39 is 0 Å². The third kappa shape index (κ3) is 3.79. The average Bonchev–Trinajstić information content (AvgIpc) is 3.35. The second-order valence-corrected chi connectivity index (χ2v) is 6.61. The maximum absolute atomic E-state index is 12.1. The molecule has 1 saturated carbocycles. The number of hydrogen-bond donors (Lipinski definition) is 1. The number of hydrogen-bond acceptors (Lipinski definition) is 5. The third-order valence-electron chi connectivity index (χ3n) is 4.78. The van der Waals surface area contributed by atoms with Crippen LogP contribution in [-0.2, 0) is 11.3 Å². The maximum atomic E-state index is 12.1. The molecule has 0 spiro atoms. The zero-order valence-corrected chi connectivity index (χ0v) is 14.4. The lowest BCUT2D eigenvalue weighted by Gasteiger charge is -2.29. The highest BCUT2D eigenvalue weighted by Crippen LogP contribution is 2.29. The summed E-state index contributed by atoms with van der Waals surface area (Å²) >= 11 is 0. The lowest BCUT2D eigenvalue weighted by Crippen LogP contribution is -2.39. The van der Waals surface area contributed by atoms with Gasteiger partial charge in [0.2, 0.25) is 5.91 Å². The van der Waals surface area contributed by atoms with Crippen molar-refractivity contribution in [1.29, 1.82) is 0 Å². The summed E-state index contributed by atoms with van der Waals surface area (Å²) in [5.74, 6) is 0.0375. The average molecular weight is 351 g/mol. The number of carbonyl (C=O) groups is 1. The molecule has 1 aliphatic carbocycles. The Hall–Kier alpha value is -3.03. The molecule has 3 aromatic rings. The SMILES string of the molecule is O=C(Cn1ccnc1)NC1CCC(n2cc(-c3cnccn3)cn2)CC1. The standard InChI is InChI=1S/C18H21N7O/c26-18(12-24-8-7-20-13-24)23-15-1-3-16(4-2-15)25-11-14(9-22-25)17-10-19-5-6-21-17/h5-11,13,15-16H,1-4,12H2,(H,23,26). The summed E-state index contributed by atoms with van der Waals surface area (Å²) in [7, 11) is 0. The molecule has 8 nitrogen and oxygen atoms in total. The van der Waals surface area contributed by atoms with Crippen molar-refractivity contribution < 1.29 is 4.79 Å². The van der Waals surface area contributed by atoms with Crippen molar-refractivity contribution in [2.45, 2.75) is 44.3 Å². The largest absolute Gasteiger partial charge is 0.352 e. The molecule has 0 aliphatic heterocycles. The van der Waals surface area contributed by atoms with Crippen molar-refractivity contribution >= 4 is 5.91 Å². The van der Waals surface area contributed by atoms with Crippen LogP contribution in [0.4, 0.5) is 0 Å². The molecule has 1 aliphatic rings. The van der Waals surface area contributed by atoms with Crippen molar-refractivity contribution in [2.75, 3.05) is 0 Å². The second-order valence-electron chi connectivity index (χ2n) is 6.61. The van der Waals surface area contributed by atoms with Crippen LogP contribution >= 0.6 is 0 Å². The van der Waals surface area contributed by atoms with Crippen LogP contribution in [0.3, 0.4) is 0 Å². The van der Waals surface area contributed by atoms with Crippen LogP contribution in [0.2, 0.25) is 0 Å². The molecule has 1 fully saturated rings. The highest BCUT2D eigenvalue weighted by atomic mass is 16.2. The molecule has 4 rings (SSSR count). The van der Waals surface area contributed by atoms with Crippen molar-refractivity contribution in [3.05, 3.63) is 49.7 Å². The van der Waals surface area contributed by atoms with Crippen LogP contribution in [0.15, 0.2) is 49.7 Å². The Kier molecular flexibility index (Phi) is 4.72. The monoisotopic (exact) mass is 351 g/mol. The molecule has 0 atom stereocenters. The van der Waals surface area contributed by atoms with Gasteiger partial charge in [0, 0.05) is 42.6 Å². The van der Waals surface area contributed by atoms with E-state index in [2.05, 4.69) is 25.4 Å². The Labute approximate surface area is 151 Å². The van der Waals surface area contributed by atoms with Gasteiger partial charge in [-0.1, -0.05) is 0 Å². The van der Waals surface area contributed by atoms with Crippen LogP contribution in [0.5, 0.6) is 0 Å². The predicted octanol–water partition coefficient (Wildman–Crippen LogP) is 1.84. The fraction of sp³-hybridized carbons (Fsp3) is 0.389. The second kappa shape index (κ2) is 7.47. The summed E-state index contributed by atoms with van der Waals surface area (Å²) in [5, 5.41) is 7.63. The van der Waals surface area contributed by atoms with Crippen molar-refractivity contribution in [1.82, 2.24) is 34.6 Å². The molecule has 26 heavy (non-hydrogen) atoms. The van der Waals surface area contributed by atoms with E-state index in [9.17, 15) is 4.79 Å². The van der Waals surface area contributed by atoms with Gasteiger partial charge in [0.25, 0.3) is 0 Å². The highest BCUT2D eigenvalue weighted by Gasteiger charge is 2.24. The molecule has 3 aromatic heterocycles. The fourth-order valence-corrected chi connectivity index (χ4v) is 3.42. The first-order chi connectivity index (χ1) is 12.8. The van der Waals surface area contributed by atoms with Crippen molar-refractivity contribution in [3.8, 4) is 11.3 Å². The predicted molar refractivity (Wildman–Crippen MR) is 94.9 cm³/mol. The van der Waals surface area contributed by atoms with Crippen molar-refractivity contribution in [3.63, 3.8) is 0 Å². The summed E-state index contributed by atoms with van der Waals surface area (Å²) in [6, 6.07) is 0.597. The molecule has 134 valence electrons. The molecule has 0 unspecified atom stereocenters. The van der Waals surface area contributed by atoms with Gasteiger partial charge in [-0.2, -0.15) is 5.10 Å². The van der Waals surface area contributed by atoms with Crippen LogP contribution in [-0.4, -0.2) is 41.2 Å². The first-order valence-corrected chi connectivity index (χ1v) is 8.83. The van der Waals surface area contributed by atoms with Crippen LogP contribution in [0.25, 0.3) is 11.3 Å². The number of nitrogens with zero attached hydrogens (tertiary/aromatic N) is 6. The van der Waals surface area contributed by atoms with E-state index in [1.165, 1.54) is 0 Å². The molecule has 3 heterocycles. The maximum Gasteiger partial charge on any atom is 0.240 e. The van der Waals surface area contributed by atoms with Gasteiger partial charge >= 0.3 is 0 Å². The third-order valence-corrected chi connectivity index (χ3v) is 4.78. The van der Waals surface area contributed by atoms with Crippen LogP contribution < -0.4 is 5.32 Å². The minimum absolute atomic E-state index is 0.0375. The summed E-state index contributed by atoms with van der Waals surface area (Å²) in [6.07, 6.45) is 18.0. The van der Waals surface area contributed by atoms with Gasteiger partial charge in [-0.15, -0.1) is 0 Å². The number of rotatable bonds is 5. The molecular weight excluding hydrogens is 330 g/mol. The van der Waals surface area contributed by atoms with Gasteiger partial charge in [-0.3, -0.25) is 19.4 Å². The van der Waals surface area contributed by atoms with Gasteiger partial charge in [-0.05, 0) is 25.7 Å². The van der Waals surface area contributed by atoms with Gasteiger partial charge < -0.3 is 9.88 Å². The van der Waals surface area contributed by atoms with E-state index >= 15 is 0 Å². The molecular formula is C18H21N7O. The Bertz CT molecular complexity index is 836. The smallest absolute Gasteiger partial charge is 0.240 e. The zero-order valence-electron chi connectivity index (χ0n) is 14.4. The lowest BCUT2D eigenvalue weighted by atomic mass is 9.91. The van der Waals surface area contributed by atoms with E-state index in [1.807, 2.05) is 17.1 Å². The molecule has 0 radical (unpaired) electrons. The normalized spacial score (nSPS) is 20.0.